The van der Waals surface area contributed by atoms with Crippen molar-refractivity contribution < 1.29 is 24.2 Å². The number of ether oxygens (including phenoxy) is 2. The first-order valence-corrected chi connectivity index (χ1v) is 9.37. The van der Waals surface area contributed by atoms with Gasteiger partial charge in [-0.05, 0) is 50.5 Å². The van der Waals surface area contributed by atoms with E-state index in [1.165, 1.54) is 6.08 Å². The van der Waals surface area contributed by atoms with Crippen molar-refractivity contribution in [3.63, 3.8) is 0 Å². The van der Waals surface area contributed by atoms with Gasteiger partial charge in [-0.15, -0.1) is 0 Å². The molecule has 0 aromatic heterocycles. The Morgan fingerprint density at radius 3 is 2.28 bits per heavy atom. The van der Waals surface area contributed by atoms with Crippen molar-refractivity contribution in [2.75, 3.05) is 0 Å². The molecule has 1 amide bonds. The molecule has 1 unspecified atom stereocenters. The molecule has 0 heterocycles. The molecular weight excluding hydrogens is 370 g/mol. The maximum absolute atomic E-state index is 12.0. The van der Waals surface area contributed by atoms with Crippen LogP contribution in [-0.2, 0) is 22.6 Å². The molecule has 2 N–H and O–H groups in total. The largest absolute Gasteiger partial charge is 0.489 e. The third-order valence-electron chi connectivity index (χ3n) is 3.80. The maximum Gasteiger partial charge on any atom is 0.408 e. The van der Waals surface area contributed by atoms with Crippen molar-refractivity contribution in [2.45, 2.75) is 45.4 Å². The highest BCUT2D eigenvalue weighted by molar-refractivity contribution is 5.80. The lowest BCUT2D eigenvalue weighted by Crippen LogP contribution is -2.39. The van der Waals surface area contributed by atoms with Gasteiger partial charge in [-0.2, -0.15) is 0 Å². The Labute approximate surface area is 171 Å². The summed E-state index contributed by atoms with van der Waals surface area (Å²) in [6, 6.07) is 16.8. The number of amides is 1. The summed E-state index contributed by atoms with van der Waals surface area (Å²) in [6.45, 7) is 5.78. The van der Waals surface area contributed by atoms with E-state index in [1.54, 1.807) is 20.8 Å². The SMILES string of the molecule is CC(C)(C)OC(=O)NC(C=CC(=O)O)Cc1ccc(OCc2ccccc2)cc1. The van der Waals surface area contributed by atoms with Gasteiger partial charge in [0.05, 0.1) is 6.04 Å². The monoisotopic (exact) mass is 397 g/mol. The van der Waals surface area contributed by atoms with Crippen LogP contribution in [0.4, 0.5) is 4.79 Å². The fourth-order valence-electron chi connectivity index (χ4n) is 2.54. The number of carboxylic acid groups (broad SMARTS) is 1. The van der Waals surface area contributed by atoms with E-state index in [9.17, 15) is 9.59 Å². The number of benzene rings is 2. The van der Waals surface area contributed by atoms with E-state index in [1.807, 2.05) is 54.6 Å². The minimum Gasteiger partial charge on any atom is -0.489 e. The van der Waals surface area contributed by atoms with Gasteiger partial charge in [0.2, 0.25) is 0 Å². The van der Waals surface area contributed by atoms with Gasteiger partial charge in [-0.25, -0.2) is 9.59 Å². The Kier molecular flexibility index (Phi) is 7.83. The molecule has 0 aliphatic rings. The number of carbonyl (C=O) groups excluding carboxylic acids is 1. The summed E-state index contributed by atoms with van der Waals surface area (Å²) >= 11 is 0. The minimum absolute atomic E-state index is 0.419. The van der Waals surface area contributed by atoms with Gasteiger partial charge in [0.15, 0.2) is 0 Å². The lowest BCUT2D eigenvalue weighted by atomic mass is 10.1. The van der Waals surface area contributed by atoms with Crippen LogP contribution in [0.3, 0.4) is 0 Å². The van der Waals surface area contributed by atoms with Gasteiger partial charge in [0.1, 0.15) is 18.0 Å². The first-order chi connectivity index (χ1) is 13.7. The molecule has 0 bridgehead atoms. The van der Waals surface area contributed by atoms with Crippen molar-refractivity contribution >= 4 is 12.1 Å². The molecule has 1 atom stereocenters. The van der Waals surface area contributed by atoms with Crippen LogP contribution in [0.2, 0.25) is 0 Å². The predicted octanol–water partition coefficient (Wildman–Crippen LogP) is 4.34. The lowest BCUT2D eigenvalue weighted by molar-refractivity contribution is -0.131. The molecule has 2 aromatic rings. The minimum atomic E-state index is -1.08. The summed E-state index contributed by atoms with van der Waals surface area (Å²) in [6.07, 6.45) is 2.27. The Morgan fingerprint density at radius 2 is 1.69 bits per heavy atom. The lowest BCUT2D eigenvalue weighted by Gasteiger charge is -2.22. The molecule has 0 saturated carbocycles. The zero-order valence-electron chi connectivity index (χ0n) is 16.9. The Bertz CT molecular complexity index is 823. The molecular formula is C23H27NO5. The quantitative estimate of drug-likeness (QED) is 0.647. The average Bonchev–Trinajstić information content (AvgIpc) is 2.65. The van der Waals surface area contributed by atoms with Crippen LogP contribution in [0.25, 0.3) is 0 Å². The number of carbonyl (C=O) groups is 2. The summed E-state index contributed by atoms with van der Waals surface area (Å²) < 4.78 is 11.0. The molecule has 2 aromatic carbocycles. The highest BCUT2D eigenvalue weighted by atomic mass is 16.6. The summed E-state index contributed by atoms with van der Waals surface area (Å²) in [7, 11) is 0. The van der Waals surface area contributed by atoms with E-state index in [4.69, 9.17) is 14.6 Å². The van der Waals surface area contributed by atoms with Gasteiger partial charge >= 0.3 is 12.1 Å². The number of hydrogen-bond donors (Lipinski definition) is 2. The zero-order valence-corrected chi connectivity index (χ0v) is 16.9. The van der Waals surface area contributed by atoms with Gasteiger partial charge in [-0.3, -0.25) is 0 Å². The smallest absolute Gasteiger partial charge is 0.408 e. The van der Waals surface area contributed by atoms with E-state index in [2.05, 4.69) is 5.32 Å². The van der Waals surface area contributed by atoms with Gasteiger partial charge < -0.3 is 19.9 Å². The summed E-state index contributed by atoms with van der Waals surface area (Å²) in [5.74, 6) is -0.346. The van der Waals surface area contributed by atoms with Gasteiger partial charge in [0, 0.05) is 6.08 Å². The first kappa shape index (κ1) is 22.0. The van der Waals surface area contributed by atoms with Crippen molar-refractivity contribution in [1.82, 2.24) is 5.32 Å². The van der Waals surface area contributed by atoms with E-state index < -0.39 is 23.7 Å². The van der Waals surface area contributed by atoms with Gasteiger partial charge in [-0.1, -0.05) is 48.5 Å². The Morgan fingerprint density at radius 1 is 1.03 bits per heavy atom. The normalized spacial score (nSPS) is 12.4. The Hall–Kier alpha value is -3.28. The Balaban J connectivity index is 1.98. The first-order valence-electron chi connectivity index (χ1n) is 9.37. The summed E-state index contributed by atoms with van der Waals surface area (Å²) in [5.41, 5.74) is 1.37. The molecule has 0 aliphatic carbocycles. The molecule has 2 rings (SSSR count). The third kappa shape index (κ3) is 8.97. The summed E-state index contributed by atoms with van der Waals surface area (Å²) in [4.78, 5) is 22.9. The highest BCUT2D eigenvalue weighted by Gasteiger charge is 2.18. The number of aliphatic carboxylic acids is 1. The van der Waals surface area contributed by atoms with Crippen molar-refractivity contribution in [3.05, 3.63) is 77.9 Å². The van der Waals surface area contributed by atoms with Crippen LogP contribution in [0.1, 0.15) is 31.9 Å². The standard InChI is InChI=1S/C23H27NO5/c1-23(2,3)29-22(27)24-19(11-14-21(25)26)15-17-9-12-20(13-10-17)28-16-18-7-5-4-6-8-18/h4-14,19H,15-16H2,1-3H3,(H,24,27)(H,25,26). The topological polar surface area (TPSA) is 84.9 Å². The van der Waals surface area contributed by atoms with Gasteiger partial charge in [0.25, 0.3) is 0 Å². The number of alkyl carbamates (subject to hydrolysis) is 1. The van der Waals surface area contributed by atoms with E-state index in [0.717, 1.165) is 23.0 Å². The van der Waals surface area contributed by atoms with E-state index >= 15 is 0 Å². The molecule has 0 spiro atoms. The van der Waals surface area contributed by atoms with Crippen LogP contribution in [0.5, 0.6) is 5.75 Å². The number of rotatable bonds is 8. The summed E-state index contributed by atoms with van der Waals surface area (Å²) in [5, 5.41) is 11.6. The molecule has 6 nitrogen and oxygen atoms in total. The number of nitrogens with one attached hydrogen (secondary N) is 1. The van der Waals surface area contributed by atoms with Crippen molar-refractivity contribution in [3.8, 4) is 5.75 Å². The second kappa shape index (κ2) is 10.3. The van der Waals surface area contributed by atoms with E-state index in [-0.39, 0.29) is 0 Å². The van der Waals surface area contributed by atoms with Crippen LogP contribution in [0, 0.1) is 0 Å². The van der Waals surface area contributed by atoms with Crippen molar-refractivity contribution in [2.24, 2.45) is 0 Å². The van der Waals surface area contributed by atoms with Crippen LogP contribution >= 0.6 is 0 Å². The molecule has 0 fully saturated rings. The van der Waals surface area contributed by atoms with E-state index in [0.29, 0.717) is 13.0 Å². The molecule has 0 aliphatic heterocycles. The predicted molar refractivity (Wildman–Crippen MR) is 111 cm³/mol. The average molecular weight is 397 g/mol. The molecule has 6 heteroatoms. The molecule has 29 heavy (non-hydrogen) atoms. The fourth-order valence-corrected chi connectivity index (χ4v) is 2.54. The number of hydrogen-bond acceptors (Lipinski definition) is 4. The van der Waals surface area contributed by atoms with Crippen LogP contribution in [0.15, 0.2) is 66.7 Å². The van der Waals surface area contributed by atoms with Crippen LogP contribution < -0.4 is 10.1 Å². The maximum atomic E-state index is 12.0. The second-order valence-corrected chi connectivity index (χ2v) is 7.57. The fraction of sp³-hybridized carbons (Fsp3) is 0.304. The zero-order chi connectivity index (χ0) is 21.3. The highest BCUT2D eigenvalue weighted by Crippen LogP contribution is 2.16. The molecule has 0 saturated heterocycles. The second-order valence-electron chi connectivity index (χ2n) is 7.57. The molecule has 0 radical (unpaired) electrons. The third-order valence-corrected chi connectivity index (χ3v) is 3.80. The number of carboxylic acids is 1. The van der Waals surface area contributed by atoms with Crippen LogP contribution in [-0.4, -0.2) is 28.8 Å². The molecule has 154 valence electrons. The van der Waals surface area contributed by atoms with Crippen molar-refractivity contribution in [1.29, 1.82) is 0 Å².